The highest BCUT2D eigenvalue weighted by Crippen LogP contribution is 2.60. The van der Waals surface area contributed by atoms with E-state index in [1.165, 1.54) is 0 Å². The number of hydrogen-bond acceptors (Lipinski definition) is 3. The van der Waals surface area contributed by atoms with E-state index in [9.17, 15) is 9.90 Å². The molecule has 0 aliphatic carbocycles. The molecule has 2 aliphatic heterocycles. The van der Waals surface area contributed by atoms with Gasteiger partial charge in [-0.25, -0.2) is 0 Å². The number of ether oxygens (including phenoxy) is 1. The topological polar surface area (TPSA) is 49.8 Å². The highest BCUT2D eigenvalue weighted by Gasteiger charge is 2.66. The maximum Gasteiger partial charge on any atom is 0.264 e. The summed E-state index contributed by atoms with van der Waals surface area (Å²) >= 11 is 5.80. The van der Waals surface area contributed by atoms with Gasteiger partial charge in [-0.15, -0.1) is 0 Å². The Hall–Kier alpha value is -0.813. The van der Waals surface area contributed by atoms with E-state index in [0.29, 0.717) is 13.0 Å². The number of aliphatic hydroxyl groups excluding tert-OH is 1. The molecule has 2 aliphatic rings. The summed E-state index contributed by atoms with van der Waals surface area (Å²) in [5.41, 5.74) is 1.00. The third-order valence-electron chi connectivity index (χ3n) is 6.57. The first kappa shape index (κ1) is 23.3. The smallest absolute Gasteiger partial charge is 0.264 e. The number of aliphatic hydroxyl groups is 1. The average Bonchev–Trinajstić information content (AvgIpc) is 3.10. The largest absolute Gasteiger partial charge is 0.396 e. The van der Waals surface area contributed by atoms with Crippen LogP contribution < -0.4 is 4.90 Å². The maximum atomic E-state index is 15.5. The van der Waals surface area contributed by atoms with Crippen LogP contribution in [0.25, 0.3) is 0 Å². The van der Waals surface area contributed by atoms with Gasteiger partial charge >= 0.3 is 0 Å². The first-order valence-electron chi connectivity index (χ1n) is 10.4. The van der Waals surface area contributed by atoms with Crippen molar-refractivity contribution in [2.45, 2.75) is 50.2 Å². The summed E-state index contributed by atoms with van der Waals surface area (Å²) < 4.78 is 23.9. The maximum absolute atomic E-state index is 15.5. The zero-order chi connectivity index (χ0) is 22.6. The van der Waals surface area contributed by atoms with E-state index in [4.69, 9.17) is 4.74 Å². The normalized spacial score (nSPS) is 27.9. The molecular formula is C23H26BrFINO3Si. The Balaban J connectivity index is 1.83. The molecule has 4 rings (SSSR count). The van der Waals surface area contributed by atoms with Crippen molar-refractivity contribution < 1.29 is 18.7 Å². The van der Waals surface area contributed by atoms with Crippen molar-refractivity contribution in [2.24, 2.45) is 5.92 Å². The fourth-order valence-electron chi connectivity index (χ4n) is 5.39. The molecule has 2 aromatic carbocycles. The summed E-state index contributed by atoms with van der Waals surface area (Å²) in [6.07, 6.45) is -0.162. The van der Waals surface area contributed by atoms with Crippen molar-refractivity contribution in [1.29, 1.82) is 0 Å². The molecule has 4 atom stereocenters. The SMILES string of the molecule is C[C@H]1[C@H]([Si](C)(C)F)[C@@H](CCO)O[C@]12C(=O)N(Cc1cccc(I)c1)c1ccc(Br)cc12. The van der Waals surface area contributed by atoms with Gasteiger partial charge < -0.3 is 18.9 Å². The molecular weight excluding hydrogens is 592 g/mol. The monoisotopic (exact) mass is 617 g/mol. The van der Waals surface area contributed by atoms with E-state index < -0.39 is 20.1 Å². The molecule has 1 N–H and O–H groups in total. The van der Waals surface area contributed by atoms with E-state index in [1.54, 1.807) is 18.0 Å². The predicted octanol–water partition coefficient (Wildman–Crippen LogP) is 5.76. The van der Waals surface area contributed by atoms with Gasteiger partial charge in [0.25, 0.3) is 5.91 Å². The first-order chi connectivity index (χ1) is 14.6. The van der Waals surface area contributed by atoms with Crippen LogP contribution in [0, 0.1) is 9.49 Å². The van der Waals surface area contributed by atoms with Gasteiger partial charge in [0.05, 0.1) is 18.3 Å². The third kappa shape index (κ3) is 3.92. The Morgan fingerprint density at radius 1 is 1.29 bits per heavy atom. The standard InChI is InChI=1S/C23H26BrFINO3Si/c1-14-21(31(2,3)25)20(9-10-28)30-23(14)18-12-16(24)7-8-19(18)27(22(23)29)13-15-5-4-6-17(26)11-15/h4-8,11-12,14,20-21,28H,9-10,13H2,1-3H3/t14-,20+,21-,23+/m0/s1. The fourth-order valence-corrected chi connectivity index (χ4v) is 8.90. The molecule has 0 saturated carbocycles. The quantitative estimate of drug-likeness (QED) is 0.264. The Kier molecular flexibility index (Phi) is 6.41. The van der Waals surface area contributed by atoms with Crippen molar-refractivity contribution in [2.75, 3.05) is 11.5 Å². The predicted molar refractivity (Wildman–Crippen MR) is 134 cm³/mol. The van der Waals surface area contributed by atoms with Crippen LogP contribution in [-0.4, -0.2) is 32.1 Å². The van der Waals surface area contributed by atoms with E-state index in [-0.39, 0.29) is 24.0 Å². The Morgan fingerprint density at radius 2 is 2.03 bits per heavy atom. The van der Waals surface area contributed by atoms with Crippen molar-refractivity contribution in [3.05, 3.63) is 61.6 Å². The average molecular weight is 618 g/mol. The molecule has 0 bridgehead atoms. The Bertz CT molecular complexity index is 1020. The molecule has 0 unspecified atom stereocenters. The molecule has 2 aromatic rings. The van der Waals surface area contributed by atoms with E-state index >= 15 is 4.11 Å². The minimum atomic E-state index is -3.17. The second-order valence-corrected chi connectivity index (χ2v) is 14.9. The second-order valence-electron chi connectivity index (χ2n) is 8.97. The molecule has 0 radical (unpaired) electrons. The Morgan fingerprint density at radius 3 is 2.68 bits per heavy atom. The fraction of sp³-hybridized carbons (Fsp3) is 0.435. The van der Waals surface area contributed by atoms with E-state index in [1.807, 2.05) is 43.3 Å². The number of anilines is 1. The molecule has 31 heavy (non-hydrogen) atoms. The van der Waals surface area contributed by atoms with E-state index in [2.05, 4.69) is 44.6 Å². The van der Waals surface area contributed by atoms with Crippen molar-refractivity contribution in [1.82, 2.24) is 0 Å². The molecule has 166 valence electrons. The number of hydrogen-bond donors (Lipinski definition) is 1. The summed E-state index contributed by atoms with van der Waals surface area (Å²) in [5, 5.41) is 9.62. The zero-order valence-electron chi connectivity index (χ0n) is 17.7. The van der Waals surface area contributed by atoms with Gasteiger partial charge in [0.1, 0.15) is 0 Å². The highest BCUT2D eigenvalue weighted by molar-refractivity contribution is 14.1. The molecule has 1 saturated heterocycles. The molecule has 8 heteroatoms. The van der Waals surface area contributed by atoms with E-state index in [0.717, 1.165) is 24.9 Å². The van der Waals surface area contributed by atoms with Crippen LogP contribution in [0.4, 0.5) is 9.80 Å². The van der Waals surface area contributed by atoms with Gasteiger partial charge in [0.15, 0.2) is 5.60 Å². The molecule has 2 heterocycles. The summed E-state index contributed by atoms with van der Waals surface area (Å²) in [7, 11) is -3.17. The second kappa shape index (κ2) is 8.51. The molecule has 0 aromatic heterocycles. The van der Waals surface area contributed by atoms with Crippen LogP contribution in [0.15, 0.2) is 46.9 Å². The zero-order valence-corrected chi connectivity index (χ0v) is 22.5. The first-order valence-corrected chi connectivity index (χ1v) is 15.3. The number of carbonyl (C=O) groups is 1. The third-order valence-corrected chi connectivity index (χ3v) is 10.2. The molecule has 4 nitrogen and oxygen atoms in total. The number of amides is 1. The van der Waals surface area contributed by atoms with Crippen molar-refractivity contribution >= 4 is 58.5 Å². The number of nitrogens with zero attached hydrogens (tertiary/aromatic N) is 1. The lowest BCUT2D eigenvalue weighted by atomic mass is 9.82. The van der Waals surface area contributed by atoms with Crippen LogP contribution >= 0.6 is 38.5 Å². The summed E-state index contributed by atoms with van der Waals surface area (Å²) in [6, 6.07) is 13.9. The molecule has 1 amide bonds. The van der Waals surface area contributed by atoms with Crippen LogP contribution in [0.2, 0.25) is 18.6 Å². The van der Waals surface area contributed by atoms with Crippen LogP contribution in [0.1, 0.15) is 24.5 Å². The van der Waals surface area contributed by atoms with Gasteiger partial charge in [-0.2, -0.15) is 0 Å². The van der Waals surface area contributed by atoms with Crippen LogP contribution in [-0.2, 0) is 21.7 Å². The number of carbonyl (C=O) groups excluding carboxylic acids is 1. The lowest BCUT2D eigenvalue weighted by Crippen LogP contribution is -2.45. The van der Waals surface area contributed by atoms with Crippen molar-refractivity contribution in [3.8, 4) is 0 Å². The van der Waals surface area contributed by atoms with Gasteiger partial charge in [-0.05, 0) is 78.0 Å². The number of fused-ring (bicyclic) bond motifs is 2. The van der Waals surface area contributed by atoms with Gasteiger partial charge in [-0.3, -0.25) is 4.79 Å². The summed E-state index contributed by atoms with van der Waals surface area (Å²) in [4.78, 5) is 15.8. The van der Waals surface area contributed by atoms with Crippen LogP contribution in [0.5, 0.6) is 0 Å². The Labute approximate surface area is 205 Å². The summed E-state index contributed by atoms with van der Waals surface area (Å²) in [5.74, 6) is -0.479. The minimum Gasteiger partial charge on any atom is -0.396 e. The summed E-state index contributed by atoms with van der Waals surface area (Å²) in [6.45, 7) is 5.61. The lowest BCUT2D eigenvalue weighted by molar-refractivity contribution is -0.146. The number of benzene rings is 2. The van der Waals surface area contributed by atoms with Gasteiger partial charge in [0, 0.05) is 31.7 Å². The molecule has 1 spiro atoms. The minimum absolute atomic E-state index is 0.0971. The molecule has 1 fully saturated rings. The number of halogens is 3. The lowest BCUT2D eigenvalue weighted by Gasteiger charge is -2.31. The van der Waals surface area contributed by atoms with Gasteiger partial charge in [-0.1, -0.05) is 35.0 Å². The van der Waals surface area contributed by atoms with Crippen molar-refractivity contribution in [3.63, 3.8) is 0 Å². The highest BCUT2D eigenvalue weighted by atomic mass is 127. The van der Waals surface area contributed by atoms with Crippen LogP contribution in [0.3, 0.4) is 0 Å². The number of rotatable bonds is 5. The van der Waals surface area contributed by atoms with Gasteiger partial charge in [0.2, 0.25) is 8.41 Å².